The molecule has 0 fully saturated rings. The van der Waals surface area contributed by atoms with Gasteiger partial charge in [0.1, 0.15) is 22.8 Å². The number of imidazole rings is 1. The summed E-state index contributed by atoms with van der Waals surface area (Å²) in [7, 11) is 4.66. The van der Waals surface area contributed by atoms with Crippen molar-refractivity contribution < 1.29 is 23.5 Å². The average Bonchev–Trinajstić information content (AvgIpc) is 3.65. The number of hydrogen-bond donors (Lipinski definition) is 1. The molecule has 40 heavy (non-hydrogen) atoms. The fourth-order valence-corrected chi connectivity index (χ4v) is 4.09. The molecule has 0 aliphatic carbocycles. The van der Waals surface area contributed by atoms with Crippen molar-refractivity contribution in [2.45, 2.75) is 19.7 Å². The van der Waals surface area contributed by atoms with Crippen molar-refractivity contribution in [3.63, 3.8) is 0 Å². The van der Waals surface area contributed by atoms with E-state index in [2.05, 4.69) is 20.1 Å². The van der Waals surface area contributed by atoms with Crippen molar-refractivity contribution in [2.24, 2.45) is 0 Å². The summed E-state index contributed by atoms with van der Waals surface area (Å²) >= 11 is 0. The number of ether oxygens (including phenoxy) is 4. The van der Waals surface area contributed by atoms with Crippen LogP contribution in [0.2, 0.25) is 0 Å². The van der Waals surface area contributed by atoms with E-state index >= 15 is 0 Å². The molecule has 0 radical (unpaired) electrons. The van der Waals surface area contributed by atoms with Crippen LogP contribution >= 0.6 is 0 Å². The van der Waals surface area contributed by atoms with Crippen LogP contribution < -0.4 is 20.7 Å². The maximum atomic E-state index is 13.1. The van der Waals surface area contributed by atoms with Gasteiger partial charge in [-0.1, -0.05) is 5.16 Å². The first-order valence-corrected chi connectivity index (χ1v) is 12.4. The van der Waals surface area contributed by atoms with Crippen LogP contribution in [0.25, 0.3) is 34.0 Å². The van der Waals surface area contributed by atoms with Gasteiger partial charge in [0.25, 0.3) is 11.4 Å². The molecule has 3 aromatic heterocycles. The van der Waals surface area contributed by atoms with Gasteiger partial charge in [-0.05, 0) is 48.5 Å². The standard InChI is InChI=1S/C27H28N6O7/c1-36-14-12-32-24-22(26(34)33(27(32)35)13-15-37-2)29-23(30-24)17-4-10-20(11-5-17)39-16-21-28-25(40-31-21)18-6-8-19(38-3)9-7-18/h4-11H,12-16H2,1-3H3,(H,29,30). The van der Waals surface area contributed by atoms with E-state index < -0.39 is 11.2 Å². The molecule has 13 nitrogen and oxygen atoms in total. The molecule has 0 aliphatic heterocycles. The summed E-state index contributed by atoms with van der Waals surface area (Å²) in [6.45, 7) is 0.982. The molecule has 208 valence electrons. The molecule has 0 saturated carbocycles. The molecule has 3 heterocycles. The lowest BCUT2D eigenvalue weighted by Gasteiger charge is -2.10. The number of methoxy groups -OCH3 is 3. The summed E-state index contributed by atoms with van der Waals surface area (Å²) in [5, 5.41) is 3.98. The highest BCUT2D eigenvalue weighted by molar-refractivity contribution is 5.75. The van der Waals surface area contributed by atoms with Gasteiger partial charge in [-0.25, -0.2) is 9.78 Å². The lowest BCUT2D eigenvalue weighted by Crippen LogP contribution is -2.41. The first-order chi connectivity index (χ1) is 19.5. The molecule has 0 aliphatic rings. The Kier molecular flexibility index (Phi) is 8.03. The maximum absolute atomic E-state index is 13.1. The van der Waals surface area contributed by atoms with E-state index in [-0.39, 0.29) is 44.1 Å². The fraction of sp³-hybridized carbons (Fsp3) is 0.296. The predicted octanol–water partition coefficient (Wildman–Crippen LogP) is 2.48. The summed E-state index contributed by atoms with van der Waals surface area (Å²) in [5.74, 6) is 2.53. The van der Waals surface area contributed by atoms with E-state index in [4.69, 9.17) is 23.5 Å². The van der Waals surface area contributed by atoms with Crippen LogP contribution in [-0.2, 0) is 29.2 Å². The Bertz CT molecular complexity index is 1700. The van der Waals surface area contributed by atoms with Crippen LogP contribution in [0, 0.1) is 0 Å². The number of hydrogen-bond acceptors (Lipinski definition) is 10. The number of aromatic nitrogens is 6. The van der Waals surface area contributed by atoms with Gasteiger partial charge >= 0.3 is 5.69 Å². The third-order valence-electron chi connectivity index (χ3n) is 6.20. The average molecular weight is 549 g/mol. The minimum Gasteiger partial charge on any atom is -0.497 e. The Morgan fingerprint density at radius 2 is 1.48 bits per heavy atom. The second-order valence-corrected chi connectivity index (χ2v) is 8.72. The number of benzene rings is 2. The minimum absolute atomic E-state index is 0.108. The monoisotopic (exact) mass is 548 g/mol. The first-order valence-electron chi connectivity index (χ1n) is 12.4. The lowest BCUT2D eigenvalue weighted by molar-refractivity contribution is 0.179. The van der Waals surface area contributed by atoms with Gasteiger partial charge in [-0.2, -0.15) is 4.98 Å². The van der Waals surface area contributed by atoms with E-state index in [1.807, 2.05) is 24.3 Å². The highest BCUT2D eigenvalue weighted by Crippen LogP contribution is 2.23. The van der Waals surface area contributed by atoms with Crippen molar-refractivity contribution in [1.82, 2.24) is 29.2 Å². The van der Waals surface area contributed by atoms with Crippen molar-refractivity contribution in [2.75, 3.05) is 34.5 Å². The van der Waals surface area contributed by atoms with Crippen molar-refractivity contribution in [1.29, 1.82) is 0 Å². The Labute approximate surface area is 227 Å². The smallest absolute Gasteiger partial charge is 0.332 e. The van der Waals surface area contributed by atoms with Crippen LogP contribution in [0.4, 0.5) is 0 Å². The zero-order valence-corrected chi connectivity index (χ0v) is 22.2. The van der Waals surface area contributed by atoms with Gasteiger partial charge in [-0.3, -0.25) is 13.9 Å². The van der Waals surface area contributed by atoms with E-state index in [1.54, 1.807) is 38.5 Å². The quantitative estimate of drug-likeness (QED) is 0.246. The summed E-state index contributed by atoms with van der Waals surface area (Å²) in [4.78, 5) is 38.1. The molecule has 0 atom stereocenters. The Morgan fingerprint density at radius 3 is 2.15 bits per heavy atom. The minimum atomic E-state index is -0.468. The summed E-state index contributed by atoms with van der Waals surface area (Å²) in [6.07, 6.45) is 0. The van der Waals surface area contributed by atoms with E-state index in [0.29, 0.717) is 28.9 Å². The Balaban J connectivity index is 1.33. The zero-order chi connectivity index (χ0) is 28.1. The molecule has 5 aromatic rings. The maximum Gasteiger partial charge on any atom is 0.332 e. The van der Waals surface area contributed by atoms with E-state index in [0.717, 1.165) is 15.9 Å². The molecule has 0 unspecified atom stereocenters. The number of H-pyrrole nitrogens is 1. The van der Waals surface area contributed by atoms with Crippen LogP contribution in [-0.4, -0.2) is 63.8 Å². The first kappa shape index (κ1) is 26.8. The molecule has 13 heteroatoms. The number of nitrogens with zero attached hydrogens (tertiary/aromatic N) is 5. The fourth-order valence-electron chi connectivity index (χ4n) is 4.09. The van der Waals surface area contributed by atoms with Crippen molar-refractivity contribution in [3.8, 4) is 34.3 Å². The van der Waals surface area contributed by atoms with Gasteiger partial charge in [-0.15, -0.1) is 0 Å². The summed E-state index contributed by atoms with van der Waals surface area (Å²) in [5.41, 5.74) is 1.04. The Morgan fingerprint density at radius 1 is 0.825 bits per heavy atom. The molecule has 0 saturated heterocycles. The van der Waals surface area contributed by atoms with Crippen LogP contribution in [0.1, 0.15) is 5.82 Å². The van der Waals surface area contributed by atoms with Crippen molar-refractivity contribution >= 4 is 11.2 Å². The molecule has 0 amide bonds. The van der Waals surface area contributed by atoms with Gasteiger partial charge in [0.05, 0.1) is 33.4 Å². The largest absolute Gasteiger partial charge is 0.497 e. The highest BCUT2D eigenvalue weighted by Gasteiger charge is 2.18. The second kappa shape index (κ2) is 12.0. The summed E-state index contributed by atoms with van der Waals surface area (Å²) < 4.78 is 29.1. The molecule has 1 N–H and O–H groups in total. The van der Waals surface area contributed by atoms with Crippen LogP contribution in [0.3, 0.4) is 0 Å². The van der Waals surface area contributed by atoms with Gasteiger partial charge in [0.15, 0.2) is 12.3 Å². The van der Waals surface area contributed by atoms with Crippen LogP contribution in [0.15, 0.2) is 62.6 Å². The molecular formula is C27H28N6O7. The predicted molar refractivity (Wildman–Crippen MR) is 144 cm³/mol. The lowest BCUT2D eigenvalue weighted by atomic mass is 10.2. The number of aromatic amines is 1. The van der Waals surface area contributed by atoms with Gasteiger partial charge in [0, 0.05) is 25.3 Å². The molecule has 5 rings (SSSR count). The van der Waals surface area contributed by atoms with Crippen molar-refractivity contribution in [3.05, 3.63) is 75.2 Å². The normalized spacial score (nSPS) is 11.3. The molecule has 2 aromatic carbocycles. The molecular weight excluding hydrogens is 520 g/mol. The number of rotatable bonds is 12. The topological polar surface area (TPSA) is 149 Å². The van der Waals surface area contributed by atoms with Crippen LogP contribution in [0.5, 0.6) is 11.5 Å². The van der Waals surface area contributed by atoms with E-state index in [1.165, 1.54) is 11.7 Å². The second-order valence-electron chi connectivity index (χ2n) is 8.72. The molecule has 0 bridgehead atoms. The summed E-state index contributed by atoms with van der Waals surface area (Å²) in [6, 6.07) is 14.4. The van der Waals surface area contributed by atoms with Gasteiger partial charge < -0.3 is 28.5 Å². The Hall–Kier alpha value is -4.75. The van der Waals surface area contributed by atoms with E-state index in [9.17, 15) is 9.59 Å². The highest BCUT2D eigenvalue weighted by atomic mass is 16.5. The van der Waals surface area contributed by atoms with Gasteiger partial charge in [0.2, 0.25) is 5.82 Å². The third-order valence-corrected chi connectivity index (χ3v) is 6.20. The zero-order valence-electron chi connectivity index (χ0n) is 22.2. The molecule has 0 spiro atoms. The SMILES string of the molecule is COCCn1c(=O)c2[nH]c(-c3ccc(OCc4noc(-c5ccc(OC)cc5)n4)cc3)nc2n(CCOC)c1=O. The number of nitrogens with one attached hydrogen (secondary N) is 1. The number of fused-ring (bicyclic) bond motifs is 1. The third kappa shape index (κ3) is 5.51.